The van der Waals surface area contributed by atoms with E-state index in [4.69, 9.17) is 14.5 Å². The number of hydrogen-bond donors (Lipinski definition) is 0. The van der Waals surface area contributed by atoms with Gasteiger partial charge in [0.1, 0.15) is 11.4 Å². The predicted octanol–water partition coefficient (Wildman–Crippen LogP) is 1.93. The molecule has 0 bridgehead atoms. The topological polar surface area (TPSA) is 75.2 Å². The minimum absolute atomic E-state index is 0.00944. The Labute approximate surface area is 171 Å². The molecule has 0 spiro atoms. The second-order valence-electron chi connectivity index (χ2n) is 8.88. The third-order valence-electron chi connectivity index (χ3n) is 5.63. The van der Waals surface area contributed by atoms with Crippen molar-refractivity contribution in [2.24, 2.45) is 0 Å². The van der Waals surface area contributed by atoms with Crippen molar-refractivity contribution in [3.05, 3.63) is 23.4 Å². The standard InChI is InChI=1S/C21H30N4O4/c1-21(2,3)29-20(27)24-8-9-25-15(14-24)4-6-17-16(19(25)26)5-7-18(22-17)23-10-12-28-13-11-23/h5,7,15H,4,6,8-14H2,1-3H3. The molecule has 2 fully saturated rings. The number of aromatic nitrogens is 1. The number of rotatable bonds is 1. The van der Waals surface area contributed by atoms with Crippen LogP contribution in [0.2, 0.25) is 0 Å². The SMILES string of the molecule is CC(C)(C)OC(=O)N1CCN2C(=O)c3ccc(N4CCOCC4)nc3CCC2C1. The zero-order valence-corrected chi connectivity index (χ0v) is 17.5. The Morgan fingerprint density at radius 1 is 1.17 bits per heavy atom. The van der Waals surface area contributed by atoms with Gasteiger partial charge in [0.05, 0.1) is 30.5 Å². The molecule has 2 saturated heterocycles. The van der Waals surface area contributed by atoms with E-state index in [1.54, 1.807) is 4.90 Å². The van der Waals surface area contributed by atoms with Crippen molar-refractivity contribution in [1.82, 2.24) is 14.8 Å². The molecule has 3 aliphatic heterocycles. The average molecular weight is 402 g/mol. The number of carbonyl (C=O) groups excluding carboxylic acids is 2. The van der Waals surface area contributed by atoms with Crippen molar-refractivity contribution in [2.75, 3.05) is 50.8 Å². The fourth-order valence-corrected chi connectivity index (χ4v) is 4.16. The summed E-state index contributed by atoms with van der Waals surface area (Å²) in [5.74, 6) is 0.933. The van der Waals surface area contributed by atoms with Gasteiger partial charge >= 0.3 is 6.09 Å². The smallest absolute Gasteiger partial charge is 0.410 e. The van der Waals surface area contributed by atoms with Crippen LogP contribution in [-0.4, -0.2) is 84.4 Å². The second kappa shape index (κ2) is 7.82. The molecule has 1 aromatic rings. The second-order valence-corrected chi connectivity index (χ2v) is 8.88. The van der Waals surface area contributed by atoms with Crippen LogP contribution in [0.25, 0.3) is 0 Å². The van der Waals surface area contributed by atoms with Gasteiger partial charge in [-0.3, -0.25) is 4.79 Å². The number of hydrogen-bond acceptors (Lipinski definition) is 6. The molecule has 0 aromatic carbocycles. The van der Waals surface area contributed by atoms with Crippen molar-refractivity contribution in [2.45, 2.75) is 45.3 Å². The van der Waals surface area contributed by atoms with Crippen LogP contribution in [0.5, 0.6) is 0 Å². The molecule has 0 radical (unpaired) electrons. The van der Waals surface area contributed by atoms with E-state index in [1.165, 1.54) is 0 Å². The zero-order valence-electron chi connectivity index (χ0n) is 17.5. The molecule has 0 N–H and O–H groups in total. The minimum Gasteiger partial charge on any atom is -0.444 e. The van der Waals surface area contributed by atoms with Gasteiger partial charge in [-0.15, -0.1) is 0 Å². The zero-order chi connectivity index (χ0) is 20.6. The monoisotopic (exact) mass is 402 g/mol. The Bertz CT molecular complexity index is 785. The fraction of sp³-hybridized carbons (Fsp3) is 0.667. The van der Waals surface area contributed by atoms with E-state index in [0.29, 0.717) is 38.4 Å². The predicted molar refractivity (Wildman–Crippen MR) is 108 cm³/mol. The maximum absolute atomic E-state index is 13.2. The Morgan fingerprint density at radius 3 is 2.66 bits per heavy atom. The van der Waals surface area contributed by atoms with E-state index in [0.717, 1.165) is 37.4 Å². The minimum atomic E-state index is -0.524. The molecule has 29 heavy (non-hydrogen) atoms. The quantitative estimate of drug-likeness (QED) is 0.715. The van der Waals surface area contributed by atoms with E-state index in [-0.39, 0.29) is 18.0 Å². The van der Waals surface area contributed by atoms with Gasteiger partial charge in [0.2, 0.25) is 0 Å². The van der Waals surface area contributed by atoms with E-state index >= 15 is 0 Å². The van der Waals surface area contributed by atoms with Crippen LogP contribution in [0.3, 0.4) is 0 Å². The van der Waals surface area contributed by atoms with Crippen LogP contribution in [0.1, 0.15) is 43.2 Å². The first-order chi connectivity index (χ1) is 13.8. The molecule has 4 heterocycles. The maximum Gasteiger partial charge on any atom is 0.410 e. The highest BCUT2D eigenvalue weighted by molar-refractivity contribution is 5.96. The molecule has 3 aliphatic rings. The summed E-state index contributed by atoms with van der Waals surface area (Å²) in [5.41, 5.74) is 1.02. The van der Waals surface area contributed by atoms with E-state index < -0.39 is 5.60 Å². The van der Waals surface area contributed by atoms with Crippen LogP contribution in [-0.2, 0) is 15.9 Å². The third-order valence-corrected chi connectivity index (χ3v) is 5.63. The van der Waals surface area contributed by atoms with Gasteiger partial charge in [-0.2, -0.15) is 0 Å². The molecular weight excluding hydrogens is 372 g/mol. The summed E-state index contributed by atoms with van der Waals surface area (Å²) >= 11 is 0. The summed E-state index contributed by atoms with van der Waals surface area (Å²) in [7, 11) is 0. The van der Waals surface area contributed by atoms with Crippen molar-refractivity contribution < 1.29 is 19.1 Å². The summed E-state index contributed by atoms with van der Waals surface area (Å²) < 4.78 is 10.9. The van der Waals surface area contributed by atoms with Crippen molar-refractivity contribution in [3.63, 3.8) is 0 Å². The normalized spacial score (nSPS) is 22.7. The molecule has 0 saturated carbocycles. The lowest BCUT2D eigenvalue weighted by Crippen LogP contribution is -2.56. The lowest BCUT2D eigenvalue weighted by Gasteiger charge is -2.40. The number of aryl methyl sites for hydroxylation is 1. The largest absolute Gasteiger partial charge is 0.444 e. The Balaban J connectivity index is 1.49. The van der Waals surface area contributed by atoms with Crippen molar-refractivity contribution in [3.8, 4) is 0 Å². The number of fused-ring (bicyclic) bond motifs is 2. The molecule has 2 amide bonds. The van der Waals surface area contributed by atoms with E-state index in [1.807, 2.05) is 37.8 Å². The lowest BCUT2D eigenvalue weighted by atomic mass is 10.1. The summed E-state index contributed by atoms with van der Waals surface area (Å²) in [5, 5.41) is 0. The van der Waals surface area contributed by atoms with Crippen LogP contribution >= 0.6 is 0 Å². The van der Waals surface area contributed by atoms with E-state index in [9.17, 15) is 9.59 Å². The van der Waals surface area contributed by atoms with Crippen LogP contribution in [0, 0.1) is 0 Å². The average Bonchev–Trinajstić information content (AvgIpc) is 2.83. The number of piperazine rings is 1. The maximum atomic E-state index is 13.2. The number of morpholine rings is 1. The Kier molecular flexibility index (Phi) is 5.38. The lowest BCUT2D eigenvalue weighted by molar-refractivity contribution is 0.00411. The number of amides is 2. The molecule has 1 unspecified atom stereocenters. The fourth-order valence-electron chi connectivity index (χ4n) is 4.16. The number of carbonyl (C=O) groups is 2. The molecule has 158 valence electrons. The molecule has 0 aliphatic carbocycles. The van der Waals surface area contributed by atoms with Crippen LogP contribution < -0.4 is 4.90 Å². The highest BCUT2D eigenvalue weighted by Gasteiger charge is 2.37. The van der Waals surface area contributed by atoms with Crippen LogP contribution in [0.15, 0.2) is 12.1 Å². The molecule has 1 atom stereocenters. The summed E-state index contributed by atoms with van der Waals surface area (Å²) in [6.07, 6.45) is 1.21. The number of nitrogens with zero attached hydrogens (tertiary/aromatic N) is 4. The third kappa shape index (κ3) is 4.32. The Morgan fingerprint density at radius 2 is 1.93 bits per heavy atom. The molecule has 8 nitrogen and oxygen atoms in total. The Hall–Kier alpha value is -2.35. The van der Waals surface area contributed by atoms with Gasteiger partial charge in [-0.25, -0.2) is 9.78 Å². The number of ether oxygens (including phenoxy) is 2. The van der Waals surface area contributed by atoms with Crippen molar-refractivity contribution in [1.29, 1.82) is 0 Å². The number of pyridine rings is 1. The molecule has 1 aromatic heterocycles. The first kappa shape index (κ1) is 19.9. The van der Waals surface area contributed by atoms with Gasteiger partial charge in [0.25, 0.3) is 5.91 Å². The van der Waals surface area contributed by atoms with Gasteiger partial charge in [0.15, 0.2) is 0 Å². The summed E-state index contributed by atoms with van der Waals surface area (Å²) in [6.45, 7) is 10.2. The first-order valence-corrected chi connectivity index (χ1v) is 10.4. The van der Waals surface area contributed by atoms with Gasteiger partial charge in [-0.1, -0.05) is 0 Å². The highest BCUT2D eigenvalue weighted by atomic mass is 16.6. The van der Waals surface area contributed by atoms with Gasteiger partial charge in [0, 0.05) is 32.7 Å². The van der Waals surface area contributed by atoms with Crippen molar-refractivity contribution >= 4 is 17.8 Å². The summed E-state index contributed by atoms with van der Waals surface area (Å²) in [6, 6.07) is 3.85. The van der Waals surface area contributed by atoms with Crippen LogP contribution in [0.4, 0.5) is 10.6 Å². The molecule has 4 rings (SSSR count). The van der Waals surface area contributed by atoms with E-state index in [2.05, 4.69) is 4.90 Å². The summed E-state index contributed by atoms with van der Waals surface area (Å²) in [4.78, 5) is 36.3. The van der Waals surface area contributed by atoms with Gasteiger partial charge < -0.3 is 24.2 Å². The molecular formula is C21H30N4O4. The molecule has 8 heteroatoms. The van der Waals surface area contributed by atoms with Gasteiger partial charge in [-0.05, 0) is 45.7 Å². The highest BCUT2D eigenvalue weighted by Crippen LogP contribution is 2.27. The number of anilines is 1. The first-order valence-electron chi connectivity index (χ1n) is 10.4.